The van der Waals surface area contributed by atoms with E-state index in [4.69, 9.17) is 9.47 Å². The Morgan fingerprint density at radius 3 is 2.00 bits per heavy atom. The molecular weight excluding hydrogens is 280 g/mol. The lowest BCUT2D eigenvalue weighted by Gasteiger charge is -2.11. The van der Waals surface area contributed by atoms with Crippen LogP contribution in [0, 0.1) is 0 Å². The smallest absolute Gasteiger partial charge is 0.339 e. The number of carbonyl (C=O) groups is 1. The maximum atomic E-state index is 11.5. The predicted octanol–water partition coefficient (Wildman–Crippen LogP) is 3.35. The van der Waals surface area contributed by atoms with Gasteiger partial charge in [-0.2, -0.15) is 0 Å². The standard InChI is InChI=1S/C18H20O4/c1-3-21-16-11-9-14(10-12-16)13-5-7-15(8-6-13)17(19)18(20)22-4-2/h5-12,17,19H,3-4H2,1-2H3. The lowest BCUT2D eigenvalue weighted by atomic mass is 10.0. The molecule has 0 aliphatic rings. The first-order chi connectivity index (χ1) is 10.7. The molecule has 0 radical (unpaired) electrons. The van der Waals surface area contributed by atoms with Crippen molar-refractivity contribution in [2.24, 2.45) is 0 Å². The van der Waals surface area contributed by atoms with Crippen molar-refractivity contribution in [1.29, 1.82) is 0 Å². The van der Waals surface area contributed by atoms with E-state index in [0.717, 1.165) is 16.9 Å². The summed E-state index contributed by atoms with van der Waals surface area (Å²) in [6, 6.07) is 15.0. The summed E-state index contributed by atoms with van der Waals surface area (Å²) in [5.41, 5.74) is 2.57. The Labute approximate surface area is 130 Å². The summed E-state index contributed by atoms with van der Waals surface area (Å²) in [7, 11) is 0. The van der Waals surface area contributed by atoms with Gasteiger partial charge in [-0.15, -0.1) is 0 Å². The van der Waals surface area contributed by atoms with E-state index in [1.165, 1.54) is 0 Å². The molecule has 0 spiro atoms. The van der Waals surface area contributed by atoms with E-state index in [2.05, 4.69) is 0 Å². The molecule has 0 aliphatic carbocycles. The molecule has 2 aromatic carbocycles. The van der Waals surface area contributed by atoms with E-state index in [1.807, 2.05) is 43.3 Å². The van der Waals surface area contributed by atoms with Gasteiger partial charge in [0.15, 0.2) is 6.10 Å². The average Bonchev–Trinajstić information content (AvgIpc) is 2.55. The van der Waals surface area contributed by atoms with Gasteiger partial charge in [0.2, 0.25) is 0 Å². The highest BCUT2D eigenvalue weighted by Crippen LogP contribution is 2.24. The highest BCUT2D eigenvalue weighted by molar-refractivity contribution is 5.76. The molecule has 0 saturated carbocycles. The molecule has 0 saturated heterocycles. The van der Waals surface area contributed by atoms with Gasteiger partial charge in [-0.1, -0.05) is 36.4 Å². The van der Waals surface area contributed by atoms with Crippen molar-refractivity contribution in [2.45, 2.75) is 20.0 Å². The Morgan fingerprint density at radius 2 is 1.50 bits per heavy atom. The van der Waals surface area contributed by atoms with Gasteiger partial charge in [-0.05, 0) is 42.7 Å². The van der Waals surface area contributed by atoms with Crippen LogP contribution in [-0.4, -0.2) is 24.3 Å². The second-order valence-corrected chi connectivity index (χ2v) is 4.73. The van der Waals surface area contributed by atoms with Crippen LogP contribution in [0.3, 0.4) is 0 Å². The molecule has 0 aromatic heterocycles. The molecule has 116 valence electrons. The first-order valence-electron chi connectivity index (χ1n) is 7.33. The van der Waals surface area contributed by atoms with Crippen molar-refractivity contribution >= 4 is 5.97 Å². The van der Waals surface area contributed by atoms with Crippen LogP contribution in [0.15, 0.2) is 48.5 Å². The third kappa shape index (κ3) is 3.86. The third-order valence-corrected chi connectivity index (χ3v) is 3.23. The van der Waals surface area contributed by atoms with Crippen molar-refractivity contribution in [3.8, 4) is 16.9 Å². The minimum absolute atomic E-state index is 0.250. The summed E-state index contributed by atoms with van der Waals surface area (Å²) in [5, 5.41) is 9.89. The summed E-state index contributed by atoms with van der Waals surface area (Å²) in [4.78, 5) is 11.5. The fraction of sp³-hybridized carbons (Fsp3) is 0.278. The van der Waals surface area contributed by atoms with Crippen molar-refractivity contribution in [2.75, 3.05) is 13.2 Å². The lowest BCUT2D eigenvalue weighted by Crippen LogP contribution is -2.15. The van der Waals surface area contributed by atoms with Gasteiger partial charge in [0.05, 0.1) is 13.2 Å². The fourth-order valence-corrected chi connectivity index (χ4v) is 2.13. The first kappa shape index (κ1) is 16.0. The summed E-state index contributed by atoms with van der Waals surface area (Å²) in [6.45, 7) is 4.54. The maximum absolute atomic E-state index is 11.5. The molecule has 4 nitrogen and oxygen atoms in total. The molecule has 0 bridgehead atoms. The van der Waals surface area contributed by atoms with Gasteiger partial charge < -0.3 is 14.6 Å². The van der Waals surface area contributed by atoms with Crippen LogP contribution in [0.25, 0.3) is 11.1 Å². The average molecular weight is 300 g/mol. The summed E-state index contributed by atoms with van der Waals surface area (Å²) in [5.74, 6) is 0.205. The summed E-state index contributed by atoms with van der Waals surface area (Å²) >= 11 is 0. The van der Waals surface area contributed by atoms with Crippen molar-refractivity contribution in [3.05, 3.63) is 54.1 Å². The number of hydrogen-bond acceptors (Lipinski definition) is 4. The highest BCUT2D eigenvalue weighted by Gasteiger charge is 2.18. The monoisotopic (exact) mass is 300 g/mol. The topological polar surface area (TPSA) is 55.8 Å². The molecule has 1 N–H and O–H groups in total. The minimum Gasteiger partial charge on any atom is -0.494 e. The van der Waals surface area contributed by atoms with E-state index < -0.39 is 12.1 Å². The summed E-state index contributed by atoms with van der Waals surface area (Å²) in [6.07, 6.45) is -1.24. The minimum atomic E-state index is -1.24. The molecule has 0 aliphatic heterocycles. The Hall–Kier alpha value is -2.33. The molecule has 0 amide bonds. The molecule has 1 unspecified atom stereocenters. The zero-order valence-electron chi connectivity index (χ0n) is 12.8. The lowest BCUT2D eigenvalue weighted by molar-refractivity contribution is -0.153. The van der Waals surface area contributed by atoms with Crippen LogP contribution in [0.2, 0.25) is 0 Å². The maximum Gasteiger partial charge on any atom is 0.339 e. The van der Waals surface area contributed by atoms with Gasteiger partial charge in [0.1, 0.15) is 5.75 Å². The van der Waals surface area contributed by atoms with Crippen molar-refractivity contribution in [1.82, 2.24) is 0 Å². The quantitative estimate of drug-likeness (QED) is 0.831. The fourth-order valence-electron chi connectivity index (χ4n) is 2.13. The number of hydrogen-bond donors (Lipinski definition) is 1. The molecule has 1 atom stereocenters. The van der Waals surface area contributed by atoms with E-state index in [9.17, 15) is 9.90 Å². The Kier molecular flexibility index (Phi) is 5.55. The largest absolute Gasteiger partial charge is 0.494 e. The number of carbonyl (C=O) groups excluding carboxylic acids is 1. The van der Waals surface area contributed by atoms with Gasteiger partial charge in [0, 0.05) is 0 Å². The molecule has 22 heavy (non-hydrogen) atoms. The first-order valence-corrected chi connectivity index (χ1v) is 7.33. The highest BCUT2D eigenvalue weighted by atomic mass is 16.5. The van der Waals surface area contributed by atoms with Crippen LogP contribution < -0.4 is 4.74 Å². The molecule has 4 heteroatoms. The molecule has 2 aromatic rings. The predicted molar refractivity (Wildman–Crippen MR) is 84.6 cm³/mol. The second-order valence-electron chi connectivity index (χ2n) is 4.73. The van der Waals surface area contributed by atoms with Crippen molar-refractivity contribution in [3.63, 3.8) is 0 Å². The summed E-state index contributed by atoms with van der Waals surface area (Å²) < 4.78 is 10.2. The second kappa shape index (κ2) is 7.61. The number of benzene rings is 2. The number of aliphatic hydroxyl groups excluding tert-OH is 1. The SMILES string of the molecule is CCOC(=O)C(O)c1ccc(-c2ccc(OCC)cc2)cc1. The zero-order chi connectivity index (χ0) is 15.9. The van der Waals surface area contributed by atoms with Crippen LogP contribution >= 0.6 is 0 Å². The van der Waals surface area contributed by atoms with Crippen molar-refractivity contribution < 1.29 is 19.4 Å². The number of aliphatic hydroxyl groups is 1. The number of rotatable bonds is 6. The normalized spacial score (nSPS) is 11.8. The number of esters is 1. The Balaban J connectivity index is 2.12. The zero-order valence-corrected chi connectivity index (χ0v) is 12.8. The third-order valence-electron chi connectivity index (χ3n) is 3.23. The van der Waals surface area contributed by atoms with Crippen LogP contribution in [-0.2, 0) is 9.53 Å². The van der Waals surface area contributed by atoms with Crippen LogP contribution in [0.5, 0.6) is 5.75 Å². The van der Waals surface area contributed by atoms with Crippen LogP contribution in [0.1, 0.15) is 25.5 Å². The Bertz CT molecular complexity index is 602. The van der Waals surface area contributed by atoms with E-state index in [0.29, 0.717) is 12.2 Å². The molecule has 0 heterocycles. The van der Waals surface area contributed by atoms with E-state index >= 15 is 0 Å². The van der Waals surface area contributed by atoms with Gasteiger partial charge in [0.25, 0.3) is 0 Å². The Morgan fingerprint density at radius 1 is 0.955 bits per heavy atom. The van der Waals surface area contributed by atoms with E-state index in [1.54, 1.807) is 19.1 Å². The van der Waals surface area contributed by atoms with E-state index in [-0.39, 0.29) is 6.61 Å². The van der Waals surface area contributed by atoms with Crippen LogP contribution in [0.4, 0.5) is 0 Å². The molecule has 0 fully saturated rings. The van der Waals surface area contributed by atoms with Gasteiger partial charge in [-0.3, -0.25) is 0 Å². The van der Waals surface area contributed by atoms with Gasteiger partial charge >= 0.3 is 5.97 Å². The molecular formula is C18H20O4. The molecule has 2 rings (SSSR count). The van der Waals surface area contributed by atoms with Gasteiger partial charge in [-0.25, -0.2) is 4.79 Å². The number of ether oxygens (including phenoxy) is 2.